The number of carbonyl (C=O) groups excluding carboxylic acids is 3. The summed E-state index contributed by atoms with van der Waals surface area (Å²) in [6.07, 6.45) is 0. The molecule has 1 aliphatic rings. The van der Waals surface area contributed by atoms with Crippen molar-refractivity contribution in [1.82, 2.24) is 0 Å². The molecular weight excluding hydrogens is 265 g/mol. The number of rotatable bonds is 3. The molecule has 1 aliphatic heterocycles. The molecule has 0 fully saturated rings. The molecule has 1 aromatic rings. The number of Topliss-reactive ketones (excluding diaryl/α,β-unsaturated/α-hetero) is 1. The van der Waals surface area contributed by atoms with E-state index in [2.05, 4.69) is 4.74 Å². The van der Waals surface area contributed by atoms with E-state index >= 15 is 0 Å². The third-order valence-corrected chi connectivity index (χ3v) is 3.23. The average Bonchev–Trinajstić information content (AvgIpc) is 2.64. The average molecular weight is 279 g/mol. The zero-order valence-corrected chi connectivity index (χ0v) is 11.4. The lowest BCUT2D eigenvalue weighted by atomic mass is 9.93. The molecule has 20 heavy (non-hydrogen) atoms. The van der Waals surface area contributed by atoms with Crippen molar-refractivity contribution < 1.29 is 23.5 Å². The van der Waals surface area contributed by atoms with Crippen LogP contribution in [0.15, 0.2) is 18.2 Å². The van der Waals surface area contributed by atoms with Crippen LogP contribution in [0, 0.1) is 11.2 Å². The summed E-state index contributed by atoms with van der Waals surface area (Å²) in [6.45, 7) is 3.00. The minimum atomic E-state index is -1.05. The van der Waals surface area contributed by atoms with E-state index in [1.807, 2.05) is 0 Å². The fourth-order valence-electron chi connectivity index (χ4n) is 2.20. The molecule has 106 valence electrons. The zero-order valence-electron chi connectivity index (χ0n) is 11.4. The van der Waals surface area contributed by atoms with E-state index in [0.29, 0.717) is 0 Å². The maximum atomic E-state index is 13.9. The fraction of sp³-hybridized carbons (Fsp3) is 0.357. The molecule has 1 aromatic carbocycles. The molecule has 0 spiro atoms. The Bertz CT molecular complexity index is 609. The monoisotopic (exact) mass is 279 g/mol. The smallest absolute Gasteiger partial charge is 0.313 e. The number of amides is 1. The Labute approximate surface area is 115 Å². The van der Waals surface area contributed by atoms with Gasteiger partial charge in [-0.1, -0.05) is 6.07 Å². The van der Waals surface area contributed by atoms with Gasteiger partial charge in [-0.25, -0.2) is 4.39 Å². The van der Waals surface area contributed by atoms with Crippen molar-refractivity contribution in [3.05, 3.63) is 29.6 Å². The van der Waals surface area contributed by atoms with Gasteiger partial charge >= 0.3 is 5.97 Å². The number of hydrogen-bond acceptors (Lipinski definition) is 4. The van der Waals surface area contributed by atoms with Gasteiger partial charge in [0.25, 0.3) is 11.7 Å². The second-order valence-corrected chi connectivity index (χ2v) is 5.23. The fourth-order valence-corrected chi connectivity index (χ4v) is 2.20. The van der Waals surface area contributed by atoms with Crippen LogP contribution >= 0.6 is 0 Å². The number of nitrogens with zero attached hydrogens (tertiary/aromatic N) is 1. The molecule has 0 saturated heterocycles. The summed E-state index contributed by atoms with van der Waals surface area (Å²) in [4.78, 5) is 36.4. The van der Waals surface area contributed by atoms with Gasteiger partial charge in [0.05, 0.1) is 23.8 Å². The third-order valence-electron chi connectivity index (χ3n) is 3.23. The Morgan fingerprint density at radius 1 is 1.35 bits per heavy atom. The van der Waals surface area contributed by atoms with Crippen LogP contribution in [-0.2, 0) is 14.3 Å². The SMILES string of the molecule is COC(=O)C(C)(C)CN1C(=O)C(=O)c2cccc(F)c21. The van der Waals surface area contributed by atoms with Crippen LogP contribution in [0.2, 0.25) is 0 Å². The van der Waals surface area contributed by atoms with Gasteiger partial charge in [-0.2, -0.15) is 0 Å². The summed E-state index contributed by atoms with van der Waals surface area (Å²) in [5, 5.41) is 0. The van der Waals surface area contributed by atoms with E-state index in [4.69, 9.17) is 0 Å². The van der Waals surface area contributed by atoms with Crippen molar-refractivity contribution in [3.63, 3.8) is 0 Å². The molecular formula is C14H14FNO4. The molecule has 0 radical (unpaired) electrons. The Morgan fingerprint density at radius 2 is 2.00 bits per heavy atom. The number of esters is 1. The van der Waals surface area contributed by atoms with Crippen LogP contribution in [0.3, 0.4) is 0 Å². The minimum absolute atomic E-state index is 0.0238. The highest BCUT2D eigenvalue weighted by Crippen LogP contribution is 2.34. The van der Waals surface area contributed by atoms with Crippen LogP contribution in [-0.4, -0.2) is 31.3 Å². The lowest BCUT2D eigenvalue weighted by Crippen LogP contribution is -2.42. The van der Waals surface area contributed by atoms with Crippen molar-refractivity contribution in [1.29, 1.82) is 0 Å². The van der Waals surface area contributed by atoms with Gasteiger partial charge < -0.3 is 9.64 Å². The van der Waals surface area contributed by atoms with Gasteiger partial charge in [-0.15, -0.1) is 0 Å². The minimum Gasteiger partial charge on any atom is -0.469 e. The molecule has 1 heterocycles. The molecule has 1 amide bonds. The summed E-state index contributed by atoms with van der Waals surface area (Å²) in [5.41, 5.74) is -1.09. The number of hydrogen-bond donors (Lipinski definition) is 0. The summed E-state index contributed by atoms with van der Waals surface area (Å²) in [7, 11) is 1.23. The molecule has 0 atom stereocenters. The van der Waals surface area contributed by atoms with Gasteiger partial charge in [0.15, 0.2) is 0 Å². The maximum absolute atomic E-state index is 13.9. The van der Waals surface area contributed by atoms with Gasteiger partial charge in [-0.05, 0) is 26.0 Å². The van der Waals surface area contributed by atoms with Crippen LogP contribution in [0.1, 0.15) is 24.2 Å². The Morgan fingerprint density at radius 3 is 2.60 bits per heavy atom. The molecule has 0 N–H and O–H groups in total. The van der Waals surface area contributed by atoms with Crippen LogP contribution in [0.4, 0.5) is 10.1 Å². The third kappa shape index (κ3) is 2.07. The largest absolute Gasteiger partial charge is 0.469 e. The second kappa shape index (κ2) is 4.70. The molecule has 0 unspecified atom stereocenters. The molecule has 6 heteroatoms. The number of methoxy groups -OCH3 is 1. The summed E-state index contributed by atoms with van der Waals surface area (Å²) in [5.74, 6) is -2.80. The molecule has 0 aromatic heterocycles. The van der Waals surface area contributed by atoms with E-state index in [-0.39, 0.29) is 17.8 Å². The molecule has 0 bridgehead atoms. The predicted molar refractivity (Wildman–Crippen MR) is 68.9 cm³/mol. The topological polar surface area (TPSA) is 63.7 Å². The number of fused-ring (bicyclic) bond motifs is 1. The van der Waals surface area contributed by atoms with Crippen LogP contribution < -0.4 is 4.90 Å². The summed E-state index contributed by atoms with van der Waals surface area (Å²) in [6, 6.07) is 3.93. The van der Waals surface area contributed by atoms with Crippen LogP contribution in [0.25, 0.3) is 0 Å². The standard InChI is InChI=1S/C14H14FNO4/c1-14(2,13(19)20-3)7-16-10-8(11(17)12(16)18)5-4-6-9(10)15/h4-6H,7H2,1-3H3. The van der Waals surface area contributed by atoms with E-state index in [1.54, 1.807) is 13.8 Å². The molecule has 5 nitrogen and oxygen atoms in total. The van der Waals surface area contributed by atoms with E-state index < -0.39 is 28.9 Å². The number of halogens is 1. The lowest BCUT2D eigenvalue weighted by Gasteiger charge is -2.27. The first kappa shape index (κ1) is 14.2. The maximum Gasteiger partial charge on any atom is 0.313 e. The van der Waals surface area contributed by atoms with E-state index in [1.165, 1.54) is 25.3 Å². The van der Waals surface area contributed by atoms with Gasteiger partial charge in [0.1, 0.15) is 5.82 Å². The molecule has 2 rings (SSSR count). The number of para-hydroxylation sites is 1. The molecule has 0 aliphatic carbocycles. The Hall–Kier alpha value is -2.24. The number of benzene rings is 1. The van der Waals surface area contributed by atoms with E-state index in [9.17, 15) is 18.8 Å². The van der Waals surface area contributed by atoms with Crippen molar-refractivity contribution in [3.8, 4) is 0 Å². The van der Waals surface area contributed by atoms with Crippen molar-refractivity contribution in [2.45, 2.75) is 13.8 Å². The predicted octanol–water partition coefficient (Wildman–Crippen LogP) is 1.55. The normalized spacial score (nSPS) is 14.5. The lowest BCUT2D eigenvalue weighted by molar-refractivity contribution is -0.150. The van der Waals surface area contributed by atoms with Gasteiger partial charge in [0, 0.05) is 6.54 Å². The van der Waals surface area contributed by atoms with Gasteiger partial charge in [-0.3, -0.25) is 14.4 Å². The first-order valence-electron chi connectivity index (χ1n) is 6.02. The molecule has 0 saturated carbocycles. The Balaban J connectivity index is 2.43. The van der Waals surface area contributed by atoms with Gasteiger partial charge in [0.2, 0.25) is 0 Å². The Kier molecular flexibility index (Phi) is 3.33. The highest BCUT2D eigenvalue weighted by molar-refractivity contribution is 6.52. The summed E-state index contributed by atoms with van der Waals surface area (Å²) < 4.78 is 18.5. The van der Waals surface area contributed by atoms with Crippen molar-refractivity contribution in [2.75, 3.05) is 18.6 Å². The first-order chi connectivity index (χ1) is 9.29. The number of ketones is 1. The van der Waals surface area contributed by atoms with Crippen LogP contribution in [0.5, 0.6) is 0 Å². The highest BCUT2D eigenvalue weighted by atomic mass is 19.1. The van der Waals surface area contributed by atoms with E-state index in [0.717, 1.165) is 4.90 Å². The van der Waals surface area contributed by atoms with Crippen molar-refractivity contribution in [2.24, 2.45) is 5.41 Å². The quantitative estimate of drug-likeness (QED) is 0.622. The number of ether oxygens (including phenoxy) is 1. The number of carbonyl (C=O) groups is 3. The number of anilines is 1. The highest BCUT2D eigenvalue weighted by Gasteiger charge is 2.42. The zero-order chi connectivity index (χ0) is 15.1. The van der Waals surface area contributed by atoms with Crippen molar-refractivity contribution >= 4 is 23.3 Å². The first-order valence-corrected chi connectivity index (χ1v) is 6.02. The summed E-state index contributed by atoms with van der Waals surface area (Å²) >= 11 is 0. The second-order valence-electron chi connectivity index (χ2n) is 5.23.